The van der Waals surface area contributed by atoms with Crippen LogP contribution in [0.4, 0.5) is 0 Å². The van der Waals surface area contributed by atoms with Gasteiger partial charge in [-0.1, -0.05) is 29.4 Å². The summed E-state index contributed by atoms with van der Waals surface area (Å²) in [6, 6.07) is 10.7. The van der Waals surface area contributed by atoms with Crippen LogP contribution in [0.5, 0.6) is 5.75 Å². The standard InChI is InChI=1S/C11H9NO2/c13-11-3-1-2-9-6-8(7-12-14)4-5-10(9)11/h1-7,13-14H/b12-7+. The summed E-state index contributed by atoms with van der Waals surface area (Å²) in [5.41, 5.74) is 0.797. The molecule has 0 bridgehead atoms. The summed E-state index contributed by atoms with van der Waals surface area (Å²) in [5.74, 6) is 0.259. The lowest BCUT2D eigenvalue weighted by Crippen LogP contribution is -1.81. The Labute approximate surface area is 80.9 Å². The van der Waals surface area contributed by atoms with Crippen molar-refractivity contribution >= 4 is 17.0 Å². The number of phenols is 1. The average Bonchev–Trinajstić information content (AvgIpc) is 2.18. The topological polar surface area (TPSA) is 52.8 Å². The van der Waals surface area contributed by atoms with Crippen molar-refractivity contribution in [1.82, 2.24) is 0 Å². The summed E-state index contributed by atoms with van der Waals surface area (Å²) in [6.07, 6.45) is 1.35. The summed E-state index contributed by atoms with van der Waals surface area (Å²) < 4.78 is 0. The molecule has 0 aliphatic heterocycles. The molecule has 2 aromatic rings. The fraction of sp³-hybridized carbons (Fsp3) is 0. The molecular formula is C11H9NO2. The van der Waals surface area contributed by atoms with Gasteiger partial charge >= 0.3 is 0 Å². The van der Waals surface area contributed by atoms with Gasteiger partial charge in [0.2, 0.25) is 0 Å². The number of hydrogen-bond donors (Lipinski definition) is 2. The monoisotopic (exact) mass is 187 g/mol. The molecule has 3 nitrogen and oxygen atoms in total. The van der Waals surface area contributed by atoms with Crippen molar-refractivity contribution in [3.05, 3.63) is 42.0 Å². The van der Waals surface area contributed by atoms with Gasteiger partial charge in [0.15, 0.2) is 0 Å². The quantitative estimate of drug-likeness (QED) is 0.409. The highest BCUT2D eigenvalue weighted by atomic mass is 16.4. The van der Waals surface area contributed by atoms with Crippen LogP contribution in [0.15, 0.2) is 41.6 Å². The number of oxime groups is 1. The highest BCUT2D eigenvalue weighted by Gasteiger charge is 1.98. The zero-order valence-corrected chi connectivity index (χ0v) is 7.38. The van der Waals surface area contributed by atoms with Gasteiger partial charge < -0.3 is 10.3 Å². The van der Waals surface area contributed by atoms with Crippen LogP contribution in [0.3, 0.4) is 0 Å². The van der Waals surface area contributed by atoms with Crippen molar-refractivity contribution in [3.63, 3.8) is 0 Å². The van der Waals surface area contributed by atoms with E-state index >= 15 is 0 Å². The Kier molecular flexibility index (Phi) is 2.07. The molecule has 2 rings (SSSR count). The zero-order valence-electron chi connectivity index (χ0n) is 7.38. The number of hydrogen-bond acceptors (Lipinski definition) is 3. The molecule has 14 heavy (non-hydrogen) atoms. The van der Waals surface area contributed by atoms with Crippen LogP contribution in [-0.4, -0.2) is 16.5 Å². The van der Waals surface area contributed by atoms with E-state index in [0.29, 0.717) is 0 Å². The Balaban J connectivity index is 2.67. The molecule has 3 heteroatoms. The summed E-state index contributed by atoms with van der Waals surface area (Å²) in [6.45, 7) is 0. The van der Waals surface area contributed by atoms with Crippen molar-refractivity contribution < 1.29 is 10.3 Å². The maximum absolute atomic E-state index is 9.51. The largest absolute Gasteiger partial charge is 0.507 e. The molecule has 0 heterocycles. The summed E-state index contributed by atoms with van der Waals surface area (Å²) >= 11 is 0. The maximum atomic E-state index is 9.51. The van der Waals surface area contributed by atoms with Crippen LogP contribution in [0, 0.1) is 0 Å². The van der Waals surface area contributed by atoms with Gasteiger partial charge in [-0.15, -0.1) is 0 Å². The predicted octanol–water partition coefficient (Wildman–Crippen LogP) is 2.35. The van der Waals surface area contributed by atoms with Gasteiger partial charge in [-0.25, -0.2) is 0 Å². The van der Waals surface area contributed by atoms with E-state index in [4.69, 9.17) is 5.21 Å². The van der Waals surface area contributed by atoms with Crippen molar-refractivity contribution in [1.29, 1.82) is 0 Å². The van der Waals surface area contributed by atoms with Gasteiger partial charge in [-0.3, -0.25) is 0 Å². The minimum absolute atomic E-state index is 0.259. The second-order valence-electron chi connectivity index (χ2n) is 3.00. The first kappa shape index (κ1) is 8.56. The number of benzene rings is 2. The highest BCUT2D eigenvalue weighted by Crippen LogP contribution is 2.24. The summed E-state index contributed by atoms with van der Waals surface area (Å²) in [5, 5.41) is 22.5. The van der Waals surface area contributed by atoms with Gasteiger partial charge in [0.25, 0.3) is 0 Å². The van der Waals surface area contributed by atoms with E-state index in [0.717, 1.165) is 16.3 Å². The number of phenolic OH excluding ortho intramolecular Hbond substituents is 1. The average molecular weight is 187 g/mol. The van der Waals surface area contributed by atoms with Gasteiger partial charge in [-0.05, 0) is 23.1 Å². The SMILES string of the molecule is O/N=C/c1ccc2c(O)cccc2c1. The van der Waals surface area contributed by atoms with Gasteiger partial charge in [0.05, 0.1) is 6.21 Å². The van der Waals surface area contributed by atoms with Crippen LogP contribution in [0.1, 0.15) is 5.56 Å². The van der Waals surface area contributed by atoms with E-state index in [1.54, 1.807) is 24.3 Å². The van der Waals surface area contributed by atoms with E-state index in [1.807, 2.05) is 12.1 Å². The van der Waals surface area contributed by atoms with E-state index in [1.165, 1.54) is 6.21 Å². The number of rotatable bonds is 1. The normalized spacial score (nSPS) is 11.1. The Morgan fingerprint density at radius 1 is 1.14 bits per heavy atom. The van der Waals surface area contributed by atoms with Crippen molar-refractivity contribution in [2.75, 3.05) is 0 Å². The maximum Gasteiger partial charge on any atom is 0.123 e. The smallest absolute Gasteiger partial charge is 0.123 e. The van der Waals surface area contributed by atoms with E-state index in [-0.39, 0.29) is 5.75 Å². The zero-order chi connectivity index (χ0) is 9.97. The van der Waals surface area contributed by atoms with Crippen LogP contribution >= 0.6 is 0 Å². The highest BCUT2D eigenvalue weighted by molar-refractivity contribution is 5.93. The molecular weight excluding hydrogens is 178 g/mol. The minimum Gasteiger partial charge on any atom is -0.507 e. The molecule has 0 aromatic heterocycles. The second-order valence-corrected chi connectivity index (χ2v) is 3.00. The van der Waals surface area contributed by atoms with Crippen LogP contribution in [0.2, 0.25) is 0 Å². The van der Waals surface area contributed by atoms with E-state index in [9.17, 15) is 5.11 Å². The lowest BCUT2D eigenvalue weighted by Gasteiger charge is -2.00. The number of aromatic hydroxyl groups is 1. The molecule has 2 aromatic carbocycles. The number of nitrogens with zero attached hydrogens (tertiary/aromatic N) is 1. The summed E-state index contributed by atoms with van der Waals surface area (Å²) in [4.78, 5) is 0. The Hall–Kier alpha value is -2.03. The van der Waals surface area contributed by atoms with Crippen molar-refractivity contribution in [3.8, 4) is 5.75 Å². The molecule has 0 saturated heterocycles. The Morgan fingerprint density at radius 3 is 2.79 bits per heavy atom. The van der Waals surface area contributed by atoms with Crippen LogP contribution < -0.4 is 0 Å². The molecule has 0 radical (unpaired) electrons. The first-order chi connectivity index (χ1) is 6.81. The predicted molar refractivity (Wildman–Crippen MR) is 55.0 cm³/mol. The lowest BCUT2D eigenvalue weighted by atomic mass is 10.1. The van der Waals surface area contributed by atoms with Gasteiger partial charge in [0.1, 0.15) is 5.75 Å². The number of fused-ring (bicyclic) bond motifs is 1. The molecule has 0 fully saturated rings. The first-order valence-corrected chi connectivity index (χ1v) is 4.20. The van der Waals surface area contributed by atoms with Crippen LogP contribution in [-0.2, 0) is 0 Å². The Morgan fingerprint density at radius 2 is 2.00 bits per heavy atom. The lowest BCUT2D eigenvalue weighted by molar-refractivity contribution is 0.322. The molecule has 70 valence electrons. The molecule has 0 amide bonds. The fourth-order valence-electron chi connectivity index (χ4n) is 1.43. The van der Waals surface area contributed by atoms with Gasteiger partial charge in [-0.2, -0.15) is 0 Å². The van der Waals surface area contributed by atoms with E-state index < -0.39 is 0 Å². The van der Waals surface area contributed by atoms with Crippen molar-refractivity contribution in [2.24, 2.45) is 5.16 Å². The van der Waals surface area contributed by atoms with Gasteiger partial charge in [0, 0.05) is 5.39 Å². The molecule has 2 N–H and O–H groups in total. The second kappa shape index (κ2) is 3.38. The third-order valence-electron chi connectivity index (χ3n) is 2.09. The minimum atomic E-state index is 0.259. The van der Waals surface area contributed by atoms with Crippen LogP contribution in [0.25, 0.3) is 10.8 Å². The molecule has 0 saturated carbocycles. The third-order valence-corrected chi connectivity index (χ3v) is 2.09. The fourth-order valence-corrected chi connectivity index (χ4v) is 1.43. The first-order valence-electron chi connectivity index (χ1n) is 4.20. The molecule has 0 atom stereocenters. The molecule has 0 unspecified atom stereocenters. The molecule has 0 aliphatic carbocycles. The van der Waals surface area contributed by atoms with Crippen molar-refractivity contribution in [2.45, 2.75) is 0 Å². The molecule has 0 aliphatic rings. The Bertz CT molecular complexity index is 492. The van der Waals surface area contributed by atoms with E-state index in [2.05, 4.69) is 5.16 Å². The summed E-state index contributed by atoms with van der Waals surface area (Å²) in [7, 11) is 0. The molecule has 0 spiro atoms. The third kappa shape index (κ3) is 1.40.